The fourth-order valence-electron chi connectivity index (χ4n) is 8.74. The van der Waals surface area contributed by atoms with E-state index in [9.17, 15) is 102 Å². The van der Waals surface area contributed by atoms with E-state index in [1.807, 2.05) is 13.8 Å². The summed E-state index contributed by atoms with van der Waals surface area (Å²) < 4.78 is 278. The third-order valence-corrected chi connectivity index (χ3v) is 12.6. The van der Waals surface area contributed by atoms with Gasteiger partial charge in [-0.1, -0.05) is 27.7 Å². The van der Waals surface area contributed by atoms with Gasteiger partial charge in [0.15, 0.2) is 5.41 Å². The molecule has 23 heteroatoms. The number of aliphatic hydroxyl groups is 2. The van der Waals surface area contributed by atoms with E-state index in [0.29, 0.717) is 25.7 Å². The number of rotatable bonds is 7. The Morgan fingerprint density at radius 2 is 0.889 bits per heavy atom. The summed E-state index contributed by atoms with van der Waals surface area (Å²) in [5.74, 6) is -5.87. The zero-order valence-corrected chi connectivity index (χ0v) is 28.7. The third kappa shape index (κ3) is 8.36. The van der Waals surface area contributed by atoms with Crippen molar-refractivity contribution in [3.63, 3.8) is 0 Å². The van der Waals surface area contributed by atoms with Crippen LogP contribution in [0.2, 0.25) is 0 Å². The van der Waals surface area contributed by atoms with Crippen LogP contribution in [0.5, 0.6) is 0 Å². The second-order valence-electron chi connectivity index (χ2n) is 15.3. The molecule has 0 heterocycles. The van der Waals surface area contributed by atoms with Crippen LogP contribution in [0.4, 0.5) is 92.2 Å². The molecular weight excluding hydrogens is 803 g/mol. The van der Waals surface area contributed by atoms with Crippen LogP contribution in [-0.2, 0) is 0 Å². The number of hydrogen-bond acceptors (Lipinski definition) is 2. The predicted molar refractivity (Wildman–Crippen MR) is 146 cm³/mol. The maximum Gasteiger partial charge on any atom is 0.426 e. The Kier molecular flexibility index (Phi) is 13.2. The zero-order valence-electron chi connectivity index (χ0n) is 28.7. The van der Waals surface area contributed by atoms with Crippen molar-refractivity contribution in [1.82, 2.24) is 0 Å². The Bertz CT molecular complexity index is 1200. The highest BCUT2D eigenvalue weighted by atomic mass is 19.4. The molecule has 54 heavy (non-hydrogen) atoms. The summed E-state index contributed by atoms with van der Waals surface area (Å²) in [7, 11) is 0. The zero-order chi connectivity index (χ0) is 42.9. The minimum Gasteiger partial charge on any atom is -0.374 e. The van der Waals surface area contributed by atoms with Gasteiger partial charge < -0.3 is 10.2 Å². The van der Waals surface area contributed by atoms with Crippen LogP contribution in [0.1, 0.15) is 85.5 Å². The van der Waals surface area contributed by atoms with Crippen LogP contribution in [0.25, 0.3) is 0 Å². The molecule has 3 fully saturated rings. The Labute approximate surface area is 295 Å². The highest BCUT2D eigenvalue weighted by Gasteiger charge is 2.78. The molecule has 0 aromatic carbocycles. The van der Waals surface area contributed by atoms with Gasteiger partial charge in [0.1, 0.15) is 0 Å². The smallest absolute Gasteiger partial charge is 0.374 e. The summed E-state index contributed by atoms with van der Waals surface area (Å²) in [6.45, 7) is 4.71. The van der Waals surface area contributed by atoms with Crippen molar-refractivity contribution >= 4 is 0 Å². The molecule has 322 valence electrons. The standard InChI is InChI=1S/C18H21F15O.C13H18F6O/c1-3-11(2,14(19,20)21)8-12(15(22,23)24,16(25,26)27)9-4-6-10(7-5-9)13(34,17(28,29)30)18(31,32)33;1-6-7(2)10-4-8(6)3-9(10)5-11(20,12(14,15)16)13(17,18)19/h9-10,34H,3-8H2,1-2H3;6-10,20H,3-5H2,1-2H3. The maximum atomic E-state index is 13.9. The second kappa shape index (κ2) is 14.7. The van der Waals surface area contributed by atoms with Crippen molar-refractivity contribution < 1.29 is 102 Å². The highest BCUT2D eigenvalue weighted by molar-refractivity contribution is 5.08. The first kappa shape index (κ1) is 48.6. The van der Waals surface area contributed by atoms with Gasteiger partial charge in [-0.2, -0.15) is 92.2 Å². The molecule has 2 N–H and O–H groups in total. The lowest BCUT2D eigenvalue weighted by Crippen LogP contribution is -2.63. The van der Waals surface area contributed by atoms with Crippen LogP contribution in [0, 0.1) is 52.3 Å². The van der Waals surface area contributed by atoms with Crippen LogP contribution in [0.15, 0.2) is 0 Å². The predicted octanol–water partition coefficient (Wildman–Crippen LogP) is 12.3. The van der Waals surface area contributed by atoms with E-state index in [4.69, 9.17) is 0 Å². The van der Waals surface area contributed by atoms with Crippen molar-refractivity contribution in [2.75, 3.05) is 0 Å². The average Bonchev–Trinajstić information content (AvgIpc) is 3.49. The van der Waals surface area contributed by atoms with E-state index >= 15 is 0 Å². The summed E-state index contributed by atoms with van der Waals surface area (Å²) in [5.41, 5.74) is -18.6. The van der Waals surface area contributed by atoms with Gasteiger partial charge in [-0.15, -0.1) is 0 Å². The van der Waals surface area contributed by atoms with Gasteiger partial charge in [0.2, 0.25) is 0 Å². The fraction of sp³-hybridized carbons (Fsp3) is 1.00. The molecule has 3 rings (SSSR count). The van der Waals surface area contributed by atoms with Gasteiger partial charge in [-0.05, 0) is 93.3 Å². The monoisotopic (exact) mass is 842 g/mol. The molecule has 0 aromatic heterocycles. The van der Waals surface area contributed by atoms with Crippen LogP contribution in [-0.4, -0.2) is 64.6 Å². The quantitative estimate of drug-likeness (QED) is 0.251. The molecule has 6 unspecified atom stereocenters. The average molecular weight is 843 g/mol. The summed E-state index contributed by atoms with van der Waals surface area (Å²) in [5, 5.41) is 18.7. The van der Waals surface area contributed by atoms with E-state index in [1.54, 1.807) is 0 Å². The molecule has 0 radical (unpaired) electrons. The molecule has 2 nitrogen and oxygen atoms in total. The first-order valence-electron chi connectivity index (χ1n) is 16.5. The third-order valence-electron chi connectivity index (χ3n) is 12.6. The fourth-order valence-corrected chi connectivity index (χ4v) is 8.74. The molecule has 6 atom stereocenters. The highest BCUT2D eigenvalue weighted by Crippen LogP contribution is 2.66. The molecule has 2 bridgehead atoms. The van der Waals surface area contributed by atoms with Gasteiger partial charge in [0.25, 0.3) is 11.2 Å². The van der Waals surface area contributed by atoms with Gasteiger partial charge >= 0.3 is 43.2 Å². The first-order valence-corrected chi connectivity index (χ1v) is 16.5. The van der Waals surface area contributed by atoms with Crippen molar-refractivity contribution in [2.24, 2.45) is 52.3 Å². The molecule has 0 amide bonds. The Morgan fingerprint density at radius 3 is 1.17 bits per heavy atom. The van der Waals surface area contributed by atoms with E-state index in [1.165, 1.54) is 0 Å². The Hall–Kier alpha value is -1.55. The van der Waals surface area contributed by atoms with E-state index < -0.39 is 128 Å². The molecule has 3 aliphatic carbocycles. The van der Waals surface area contributed by atoms with Gasteiger partial charge in [-0.25, -0.2) is 0 Å². The van der Waals surface area contributed by atoms with Gasteiger partial charge in [0.05, 0.1) is 5.41 Å². The summed E-state index contributed by atoms with van der Waals surface area (Å²) in [6, 6.07) is 0. The largest absolute Gasteiger partial charge is 0.426 e. The first-order chi connectivity index (χ1) is 23.6. The minimum atomic E-state index is -6.37. The maximum absolute atomic E-state index is 13.9. The topological polar surface area (TPSA) is 40.5 Å². The van der Waals surface area contributed by atoms with E-state index in [-0.39, 0.29) is 24.7 Å². The second-order valence-corrected chi connectivity index (χ2v) is 15.3. The molecule has 0 aliphatic heterocycles. The Morgan fingerprint density at radius 1 is 0.500 bits per heavy atom. The van der Waals surface area contributed by atoms with Crippen LogP contribution < -0.4 is 0 Å². The van der Waals surface area contributed by atoms with Crippen molar-refractivity contribution in [2.45, 2.75) is 140 Å². The Balaban J connectivity index is 0.000000425. The van der Waals surface area contributed by atoms with E-state index in [2.05, 4.69) is 0 Å². The molecule has 0 saturated heterocycles. The van der Waals surface area contributed by atoms with Crippen LogP contribution >= 0.6 is 0 Å². The summed E-state index contributed by atoms with van der Waals surface area (Å²) in [4.78, 5) is 0. The summed E-state index contributed by atoms with van der Waals surface area (Å²) >= 11 is 0. The van der Waals surface area contributed by atoms with Crippen molar-refractivity contribution in [3.8, 4) is 0 Å². The summed E-state index contributed by atoms with van der Waals surface area (Å²) in [6.07, 6.45) is -52.7. The molecular formula is C31H39F21O2. The number of fused-ring (bicyclic) bond motifs is 2. The van der Waals surface area contributed by atoms with Gasteiger partial charge in [-0.3, -0.25) is 0 Å². The van der Waals surface area contributed by atoms with Crippen LogP contribution in [0.3, 0.4) is 0 Å². The molecule has 0 aromatic rings. The number of halogens is 21. The molecule has 0 spiro atoms. The lowest BCUT2D eigenvalue weighted by molar-refractivity contribution is -0.396. The SMILES string of the molecule is CC1C2CC(CC(O)(C(F)(F)F)C(F)(F)F)C(C2)C1C.CCC(C)(CC(C1CCC(C(O)(C(F)(F)F)C(F)(F)F)CC1)(C(F)(F)F)C(F)(F)F)C(F)(F)F. The van der Waals surface area contributed by atoms with Crippen molar-refractivity contribution in [3.05, 3.63) is 0 Å². The van der Waals surface area contributed by atoms with Gasteiger partial charge in [0, 0.05) is 5.92 Å². The molecule has 3 aliphatic rings. The lowest BCUT2D eigenvalue weighted by Gasteiger charge is -2.51. The number of hydrogen-bond donors (Lipinski definition) is 2. The van der Waals surface area contributed by atoms with Crippen molar-refractivity contribution in [1.29, 1.82) is 0 Å². The number of alkyl halides is 21. The molecule has 3 saturated carbocycles. The minimum absolute atomic E-state index is 0.115. The van der Waals surface area contributed by atoms with E-state index in [0.717, 1.165) is 0 Å². The lowest BCUT2D eigenvalue weighted by atomic mass is 9.58. The normalized spacial score (nSPS) is 29.5.